The van der Waals surface area contributed by atoms with Crippen molar-refractivity contribution in [3.05, 3.63) is 42.1 Å². The van der Waals surface area contributed by atoms with E-state index >= 15 is 0 Å². The zero-order chi connectivity index (χ0) is 12.3. The molecular formula is C14H18N2O. The van der Waals surface area contributed by atoms with Gasteiger partial charge in [-0.05, 0) is 23.8 Å². The molecule has 3 nitrogen and oxygen atoms in total. The molecule has 1 atom stereocenters. The van der Waals surface area contributed by atoms with Gasteiger partial charge in [-0.15, -0.1) is 0 Å². The van der Waals surface area contributed by atoms with E-state index in [0.29, 0.717) is 6.04 Å². The summed E-state index contributed by atoms with van der Waals surface area (Å²) in [4.78, 5) is 4.29. The maximum absolute atomic E-state index is 9.42. The van der Waals surface area contributed by atoms with Gasteiger partial charge in [0.15, 0.2) is 0 Å². The van der Waals surface area contributed by atoms with Crippen LogP contribution in [0.25, 0.3) is 10.9 Å². The first-order valence-electron chi connectivity index (χ1n) is 5.92. The molecule has 0 aliphatic rings. The van der Waals surface area contributed by atoms with Gasteiger partial charge in [-0.2, -0.15) is 0 Å². The van der Waals surface area contributed by atoms with E-state index in [-0.39, 0.29) is 12.6 Å². The van der Waals surface area contributed by atoms with Crippen molar-refractivity contribution in [1.29, 1.82) is 0 Å². The van der Waals surface area contributed by atoms with Crippen molar-refractivity contribution in [2.75, 3.05) is 6.61 Å². The van der Waals surface area contributed by atoms with Crippen LogP contribution in [-0.4, -0.2) is 22.7 Å². The van der Waals surface area contributed by atoms with Crippen LogP contribution in [0.4, 0.5) is 0 Å². The number of rotatable bonds is 4. The van der Waals surface area contributed by atoms with Gasteiger partial charge in [0.2, 0.25) is 0 Å². The maximum atomic E-state index is 9.42. The Kier molecular flexibility index (Phi) is 3.71. The summed E-state index contributed by atoms with van der Waals surface area (Å²) in [6, 6.07) is 10.4. The van der Waals surface area contributed by atoms with E-state index in [9.17, 15) is 5.11 Å². The molecule has 0 aliphatic carbocycles. The topological polar surface area (TPSA) is 45.1 Å². The fraction of sp³-hybridized carbons (Fsp3) is 0.357. The van der Waals surface area contributed by atoms with Gasteiger partial charge in [0.25, 0.3) is 0 Å². The van der Waals surface area contributed by atoms with Gasteiger partial charge in [-0.3, -0.25) is 4.98 Å². The predicted molar refractivity (Wildman–Crippen MR) is 69.8 cm³/mol. The molecule has 3 heteroatoms. The normalized spacial score (nSPS) is 13.2. The summed E-state index contributed by atoms with van der Waals surface area (Å²) < 4.78 is 0. The molecule has 17 heavy (non-hydrogen) atoms. The summed E-state index contributed by atoms with van der Waals surface area (Å²) in [6.45, 7) is 4.25. The maximum Gasteiger partial charge on any atom is 0.0702 e. The lowest BCUT2D eigenvalue weighted by Crippen LogP contribution is -2.30. The average Bonchev–Trinajstić information content (AvgIpc) is 2.35. The highest BCUT2D eigenvalue weighted by atomic mass is 16.3. The minimum Gasteiger partial charge on any atom is -0.394 e. The molecule has 1 unspecified atom stereocenters. The molecule has 0 radical (unpaired) electrons. The third kappa shape index (κ3) is 2.81. The van der Waals surface area contributed by atoms with Crippen molar-refractivity contribution < 1.29 is 5.11 Å². The standard InChI is InChI=1S/C14H18N2O/c1-10(2)16-14(9-17)12-5-6-13-11(8-12)4-3-7-15-13/h3-8,10,14,16-17H,9H2,1-2H3. The third-order valence-electron chi connectivity index (χ3n) is 2.75. The van der Waals surface area contributed by atoms with Crippen molar-refractivity contribution in [3.63, 3.8) is 0 Å². The van der Waals surface area contributed by atoms with Gasteiger partial charge < -0.3 is 10.4 Å². The molecule has 0 spiro atoms. The summed E-state index contributed by atoms with van der Waals surface area (Å²) in [5.41, 5.74) is 2.08. The zero-order valence-corrected chi connectivity index (χ0v) is 10.2. The minimum absolute atomic E-state index is 0.0143. The van der Waals surface area contributed by atoms with E-state index in [4.69, 9.17) is 0 Å². The second kappa shape index (κ2) is 5.25. The molecule has 1 aromatic heterocycles. The highest BCUT2D eigenvalue weighted by molar-refractivity contribution is 5.79. The van der Waals surface area contributed by atoms with E-state index in [1.807, 2.05) is 24.3 Å². The number of nitrogens with zero attached hydrogens (tertiary/aromatic N) is 1. The second-order valence-electron chi connectivity index (χ2n) is 4.51. The molecule has 0 amide bonds. The molecule has 2 rings (SSSR count). The molecule has 1 heterocycles. The molecule has 0 saturated carbocycles. The average molecular weight is 230 g/mol. The molecule has 0 fully saturated rings. The molecule has 0 bridgehead atoms. The lowest BCUT2D eigenvalue weighted by atomic mass is 10.0. The van der Waals surface area contributed by atoms with Crippen LogP contribution in [0.15, 0.2) is 36.5 Å². The quantitative estimate of drug-likeness (QED) is 0.847. The van der Waals surface area contributed by atoms with Crippen LogP contribution in [0.1, 0.15) is 25.5 Å². The van der Waals surface area contributed by atoms with Crippen LogP contribution in [0.5, 0.6) is 0 Å². The number of hydrogen-bond donors (Lipinski definition) is 2. The number of aliphatic hydroxyl groups excluding tert-OH is 1. The Morgan fingerprint density at radius 2 is 2.12 bits per heavy atom. The Bertz CT molecular complexity index is 496. The molecule has 1 aromatic carbocycles. The Morgan fingerprint density at radius 1 is 1.29 bits per heavy atom. The number of pyridine rings is 1. The van der Waals surface area contributed by atoms with Gasteiger partial charge in [-0.1, -0.05) is 26.0 Å². The fourth-order valence-corrected chi connectivity index (χ4v) is 1.97. The zero-order valence-electron chi connectivity index (χ0n) is 10.2. The van der Waals surface area contributed by atoms with Crippen LogP contribution < -0.4 is 5.32 Å². The van der Waals surface area contributed by atoms with Gasteiger partial charge in [0.1, 0.15) is 0 Å². The summed E-state index contributed by atoms with van der Waals surface area (Å²) in [7, 11) is 0. The first kappa shape index (κ1) is 12.0. The van der Waals surface area contributed by atoms with E-state index in [2.05, 4.69) is 30.2 Å². The third-order valence-corrected chi connectivity index (χ3v) is 2.75. The van der Waals surface area contributed by atoms with E-state index in [0.717, 1.165) is 16.5 Å². The number of hydrogen-bond acceptors (Lipinski definition) is 3. The van der Waals surface area contributed by atoms with Gasteiger partial charge >= 0.3 is 0 Å². The molecule has 90 valence electrons. The van der Waals surface area contributed by atoms with Crippen molar-refractivity contribution in [2.45, 2.75) is 25.9 Å². The van der Waals surface area contributed by atoms with E-state index in [1.165, 1.54) is 0 Å². The first-order valence-corrected chi connectivity index (χ1v) is 5.92. The van der Waals surface area contributed by atoms with Crippen molar-refractivity contribution in [1.82, 2.24) is 10.3 Å². The van der Waals surface area contributed by atoms with Crippen LogP contribution >= 0.6 is 0 Å². The SMILES string of the molecule is CC(C)NC(CO)c1ccc2ncccc2c1. The predicted octanol–water partition coefficient (Wildman–Crippen LogP) is 2.27. The summed E-state index contributed by atoms with van der Waals surface area (Å²) >= 11 is 0. The van der Waals surface area contributed by atoms with Crippen LogP contribution in [0.3, 0.4) is 0 Å². The Labute approximate surface area is 102 Å². The molecular weight excluding hydrogens is 212 g/mol. The van der Waals surface area contributed by atoms with Gasteiger partial charge in [0.05, 0.1) is 18.2 Å². The molecule has 2 N–H and O–H groups in total. The van der Waals surface area contributed by atoms with Crippen LogP contribution in [0.2, 0.25) is 0 Å². The van der Waals surface area contributed by atoms with E-state index in [1.54, 1.807) is 6.20 Å². The molecule has 0 saturated heterocycles. The monoisotopic (exact) mass is 230 g/mol. The van der Waals surface area contributed by atoms with E-state index < -0.39 is 0 Å². The van der Waals surface area contributed by atoms with Crippen molar-refractivity contribution in [2.24, 2.45) is 0 Å². The fourth-order valence-electron chi connectivity index (χ4n) is 1.97. The Balaban J connectivity index is 2.34. The summed E-state index contributed by atoms with van der Waals surface area (Å²) in [5.74, 6) is 0. The lowest BCUT2D eigenvalue weighted by Gasteiger charge is -2.19. The number of benzene rings is 1. The van der Waals surface area contributed by atoms with Gasteiger partial charge in [0, 0.05) is 17.6 Å². The second-order valence-corrected chi connectivity index (χ2v) is 4.51. The number of aromatic nitrogens is 1. The first-order chi connectivity index (χ1) is 8.20. The van der Waals surface area contributed by atoms with Crippen molar-refractivity contribution in [3.8, 4) is 0 Å². The molecule has 0 aliphatic heterocycles. The van der Waals surface area contributed by atoms with Crippen LogP contribution in [-0.2, 0) is 0 Å². The van der Waals surface area contributed by atoms with Gasteiger partial charge in [-0.25, -0.2) is 0 Å². The summed E-state index contributed by atoms with van der Waals surface area (Å²) in [6.07, 6.45) is 1.79. The largest absolute Gasteiger partial charge is 0.394 e. The highest BCUT2D eigenvalue weighted by Crippen LogP contribution is 2.19. The lowest BCUT2D eigenvalue weighted by molar-refractivity contribution is 0.237. The van der Waals surface area contributed by atoms with Crippen LogP contribution in [0, 0.1) is 0 Å². The summed E-state index contributed by atoms with van der Waals surface area (Å²) in [5, 5.41) is 13.9. The smallest absolute Gasteiger partial charge is 0.0702 e. The molecule has 2 aromatic rings. The Hall–Kier alpha value is -1.45. The minimum atomic E-state index is -0.0143. The highest BCUT2D eigenvalue weighted by Gasteiger charge is 2.11. The number of aliphatic hydroxyl groups is 1. The number of fused-ring (bicyclic) bond motifs is 1. The number of nitrogens with one attached hydrogen (secondary N) is 1. The van der Waals surface area contributed by atoms with Crippen molar-refractivity contribution >= 4 is 10.9 Å². The Morgan fingerprint density at radius 3 is 2.82 bits per heavy atom.